The molecule has 0 radical (unpaired) electrons. The van der Waals surface area contributed by atoms with E-state index in [0.29, 0.717) is 0 Å². The minimum Gasteiger partial charge on any atom is -0.346 e. The molecular formula is C14H22O2. The van der Waals surface area contributed by atoms with Crippen molar-refractivity contribution in [1.29, 1.82) is 0 Å². The van der Waals surface area contributed by atoms with Gasteiger partial charge in [-0.1, -0.05) is 31.6 Å². The van der Waals surface area contributed by atoms with E-state index in [1.807, 2.05) is 19.1 Å². The number of methoxy groups -OCH3 is 2. The average molecular weight is 222 g/mol. The summed E-state index contributed by atoms with van der Waals surface area (Å²) in [6.07, 6.45) is 11.8. The molecule has 0 amide bonds. The maximum atomic E-state index is 5.46. The Balaban J connectivity index is 2.88. The first-order chi connectivity index (χ1) is 7.68. The van der Waals surface area contributed by atoms with Gasteiger partial charge in [0.05, 0.1) is 0 Å². The molecule has 0 bridgehead atoms. The minimum atomic E-state index is -0.690. The Kier molecular flexibility index (Phi) is 4.97. The Morgan fingerprint density at radius 3 is 2.50 bits per heavy atom. The van der Waals surface area contributed by atoms with Crippen molar-refractivity contribution in [2.75, 3.05) is 14.2 Å². The molecule has 90 valence electrons. The summed E-state index contributed by atoms with van der Waals surface area (Å²) < 4.78 is 10.9. The second-order valence-electron chi connectivity index (χ2n) is 4.11. The summed E-state index contributed by atoms with van der Waals surface area (Å²) >= 11 is 0. The number of ether oxygens (including phenoxy) is 2. The van der Waals surface area contributed by atoms with E-state index in [9.17, 15) is 0 Å². The molecule has 0 N–H and O–H groups in total. The van der Waals surface area contributed by atoms with Crippen molar-refractivity contribution in [3.63, 3.8) is 0 Å². The molecule has 1 aliphatic rings. The van der Waals surface area contributed by atoms with Gasteiger partial charge >= 0.3 is 0 Å². The van der Waals surface area contributed by atoms with Crippen molar-refractivity contribution in [2.24, 2.45) is 0 Å². The van der Waals surface area contributed by atoms with Gasteiger partial charge in [0, 0.05) is 14.2 Å². The zero-order chi connectivity index (χ0) is 12.0. The topological polar surface area (TPSA) is 18.5 Å². The van der Waals surface area contributed by atoms with Crippen molar-refractivity contribution < 1.29 is 9.47 Å². The third-order valence-electron chi connectivity index (χ3n) is 3.00. The van der Waals surface area contributed by atoms with Crippen LogP contribution in [0.15, 0.2) is 35.5 Å². The average Bonchev–Trinajstić information content (AvgIpc) is 2.46. The van der Waals surface area contributed by atoms with Crippen LogP contribution in [0.4, 0.5) is 0 Å². The summed E-state index contributed by atoms with van der Waals surface area (Å²) in [6, 6.07) is 0. The van der Waals surface area contributed by atoms with E-state index in [1.165, 1.54) is 18.4 Å². The SMILES string of the molecule is CCCCC1=CC=CC(OC)(OC)C(C)=C1. The maximum absolute atomic E-state index is 5.46. The third kappa shape index (κ3) is 2.83. The Bertz CT molecular complexity index is 307. The molecule has 16 heavy (non-hydrogen) atoms. The van der Waals surface area contributed by atoms with Crippen LogP contribution in [0.1, 0.15) is 33.1 Å². The molecule has 0 heterocycles. The predicted octanol–water partition coefficient (Wildman–Crippen LogP) is 3.61. The van der Waals surface area contributed by atoms with Gasteiger partial charge in [-0.05, 0) is 37.0 Å². The van der Waals surface area contributed by atoms with E-state index in [0.717, 1.165) is 12.0 Å². The van der Waals surface area contributed by atoms with Gasteiger partial charge in [0.1, 0.15) is 0 Å². The van der Waals surface area contributed by atoms with Gasteiger partial charge in [-0.2, -0.15) is 0 Å². The molecule has 0 spiro atoms. The molecule has 0 aromatic rings. The number of allylic oxidation sites excluding steroid dienone is 4. The number of hydrogen-bond donors (Lipinski definition) is 0. The van der Waals surface area contributed by atoms with E-state index in [2.05, 4.69) is 19.1 Å². The Morgan fingerprint density at radius 1 is 1.25 bits per heavy atom. The van der Waals surface area contributed by atoms with E-state index in [-0.39, 0.29) is 0 Å². The molecule has 0 unspecified atom stereocenters. The number of unbranched alkanes of at least 4 members (excludes halogenated alkanes) is 1. The zero-order valence-corrected chi connectivity index (χ0v) is 10.7. The molecule has 0 fully saturated rings. The highest BCUT2D eigenvalue weighted by atomic mass is 16.7. The summed E-state index contributed by atoms with van der Waals surface area (Å²) in [7, 11) is 3.34. The van der Waals surface area contributed by atoms with Crippen molar-refractivity contribution in [2.45, 2.75) is 38.9 Å². The largest absolute Gasteiger partial charge is 0.346 e. The van der Waals surface area contributed by atoms with Crippen molar-refractivity contribution in [3.8, 4) is 0 Å². The highest BCUT2D eigenvalue weighted by Crippen LogP contribution is 2.28. The van der Waals surface area contributed by atoms with E-state index >= 15 is 0 Å². The van der Waals surface area contributed by atoms with Crippen molar-refractivity contribution in [3.05, 3.63) is 35.5 Å². The fourth-order valence-corrected chi connectivity index (χ4v) is 1.93. The first kappa shape index (κ1) is 13.2. The van der Waals surface area contributed by atoms with Gasteiger partial charge in [-0.15, -0.1) is 0 Å². The van der Waals surface area contributed by atoms with E-state index in [4.69, 9.17) is 9.47 Å². The molecule has 2 nitrogen and oxygen atoms in total. The predicted molar refractivity (Wildman–Crippen MR) is 67.3 cm³/mol. The molecule has 1 aliphatic carbocycles. The zero-order valence-electron chi connectivity index (χ0n) is 10.7. The second kappa shape index (κ2) is 6.02. The highest BCUT2D eigenvalue weighted by molar-refractivity contribution is 5.36. The van der Waals surface area contributed by atoms with Crippen LogP contribution in [-0.4, -0.2) is 20.0 Å². The Hall–Kier alpha value is -0.860. The molecule has 0 aromatic carbocycles. The smallest absolute Gasteiger partial charge is 0.210 e. The number of rotatable bonds is 5. The molecule has 0 atom stereocenters. The molecule has 0 aliphatic heterocycles. The summed E-state index contributed by atoms with van der Waals surface area (Å²) in [6.45, 7) is 4.25. The van der Waals surface area contributed by atoms with E-state index in [1.54, 1.807) is 14.2 Å². The lowest BCUT2D eigenvalue weighted by atomic mass is 10.0. The first-order valence-corrected chi connectivity index (χ1v) is 5.86. The van der Waals surface area contributed by atoms with Crippen LogP contribution < -0.4 is 0 Å². The van der Waals surface area contributed by atoms with Gasteiger partial charge in [-0.3, -0.25) is 0 Å². The highest BCUT2D eigenvalue weighted by Gasteiger charge is 2.29. The summed E-state index contributed by atoms with van der Waals surface area (Å²) in [4.78, 5) is 0. The molecule has 0 saturated heterocycles. The fraction of sp³-hybridized carbons (Fsp3) is 0.571. The van der Waals surface area contributed by atoms with Crippen LogP contribution in [0.25, 0.3) is 0 Å². The molecule has 1 rings (SSSR count). The Morgan fingerprint density at radius 2 is 1.94 bits per heavy atom. The second-order valence-corrected chi connectivity index (χ2v) is 4.11. The van der Waals surface area contributed by atoms with Gasteiger partial charge in [0.2, 0.25) is 5.79 Å². The van der Waals surface area contributed by atoms with Crippen LogP contribution >= 0.6 is 0 Å². The molecular weight excluding hydrogens is 200 g/mol. The van der Waals surface area contributed by atoms with Gasteiger partial charge in [-0.25, -0.2) is 0 Å². The molecule has 2 heteroatoms. The van der Waals surface area contributed by atoms with Crippen LogP contribution in [0.2, 0.25) is 0 Å². The minimum absolute atomic E-state index is 0.690. The van der Waals surface area contributed by atoms with Crippen LogP contribution in [0.5, 0.6) is 0 Å². The van der Waals surface area contributed by atoms with Gasteiger partial charge in [0.15, 0.2) is 0 Å². The lowest BCUT2D eigenvalue weighted by Gasteiger charge is -2.28. The molecule has 0 aromatic heterocycles. The van der Waals surface area contributed by atoms with Gasteiger partial charge < -0.3 is 9.47 Å². The Labute approximate surface area is 98.6 Å². The van der Waals surface area contributed by atoms with Crippen LogP contribution in [-0.2, 0) is 9.47 Å². The summed E-state index contributed by atoms with van der Waals surface area (Å²) in [5.41, 5.74) is 2.43. The van der Waals surface area contributed by atoms with Crippen LogP contribution in [0, 0.1) is 0 Å². The standard InChI is InChI=1S/C14H22O2/c1-5-6-8-13-9-7-10-14(15-3,16-4)12(2)11-13/h7,9-11H,5-6,8H2,1-4H3. The lowest BCUT2D eigenvalue weighted by molar-refractivity contribution is -0.141. The quantitative estimate of drug-likeness (QED) is 0.662. The fourth-order valence-electron chi connectivity index (χ4n) is 1.93. The van der Waals surface area contributed by atoms with Crippen molar-refractivity contribution in [1.82, 2.24) is 0 Å². The normalized spacial score (nSPS) is 19.0. The third-order valence-corrected chi connectivity index (χ3v) is 3.00. The first-order valence-electron chi connectivity index (χ1n) is 5.86. The monoisotopic (exact) mass is 222 g/mol. The summed E-state index contributed by atoms with van der Waals surface area (Å²) in [5.74, 6) is -0.690. The van der Waals surface area contributed by atoms with Crippen molar-refractivity contribution >= 4 is 0 Å². The van der Waals surface area contributed by atoms with E-state index < -0.39 is 5.79 Å². The molecule has 0 saturated carbocycles. The lowest BCUT2D eigenvalue weighted by Crippen LogP contribution is -2.32. The maximum Gasteiger partial charge on any atom is 0.210 e. The summed E-state index contributed by atoms with van der Waals surface area (Å²) in [5, 5.41) is 0. The number of hydrogen-bond acceptors (Lipinski definition) is 2. The van der Waals surface area contributed by atoms with Gasteiger partial charge in [0.25, 0.3) is 0 Å². The van der Waals surface area contributed by atoms with Crippen LogP contribution in [0.3, 0.4) is 0 Å².